The lowest BCUT2D eigenvalue weighted by Crippen LogP contribution is -2.37. The third-order valence-electron chi connectivity index (χ3n) is 5.27. The van der Waals surface area contributed by atoms with Gasteiger partial charge in [0.1, 0.15) is 5.52 Å². The van der Waals surface area contributed by atoms with Crippen molar-refractivity contribution in [2.24, 2.45) is 0 Å². The van der Waals surface area contributed by atoms with E-state index in [1.165, 1.54) is 0 Å². The number of anilines is 2. The molecular formula is C21H23ClN4O2. The zero-order valence-electron chi connectivity index (χ0n) is 16.0. The van der Waals surface area contributed by atoms with E-state index in [9.17, 15) is 4.79 Å². The lowest BCUT2D eigenvalue weighted by molar-refractivity contribution is 0.0767. The monoisotopic (exact) mass is 398 g/mol. The third-order valence-corrected chi connectivity index (χ3v) is 5.51. The lowest BCUT2D eigenvalue weighted by atomic mass is 10.1. The molecule has 146 valence electrons. The Kier molecular flexibility index (Phi) is 4.89. The quantitative estimate of drug-likeness (QED) is 0.657. The van der Waals surface area contributed by atoms with Crippen molar-refractivity contribution in [3.8, 4) is 0 Å². The number of fused-ring (bicyclic) bond motifs is 1. The molecule has 0 spiro atoms. The highest BCUT2D eigenvalue weighted by Crippen LogP contribution is 2.27. The molecule has 3 aromatic rings. The average molecular weight is 399 g/mol. The van der Waals surface area contributed by atoms with Gasteiger partial charge in [0.2, 0.25) is 0 Å². The second kappa shape index (κ2) is 7.36. The minimum Gasteiger partial charge on any atom is -0.423 e. The molecular weight excluding hydrogens is 376 g/mol. The second-order valence-corrected chi connectivity index (χ2v) is 7.76. The molecule has 1 aliphatic rings. The maximum Gasteiger partial charge on any atom is 0.298 e. The summed E-state index contributed by atoms with van der Waals surface area (Å²) < 4.78 is 5.94. The molecule has 1 aromatic heterocycles. The number of carbonyl (C=O) groups is 1. The maximum atomic E-state index is 13.0. The fourth-order valence-electron chi connectivity index (χ4n) is 3.58. The Morgan fingerprint density at radius 1 is 1.21 bits per heavy atom. The van der Waals surface area contributed by atoms with Crippen molar-refractivity contribution >= 4 is 40.3 Å². The van der Waals surface area contributed by atoms with E-state index >= 15 is 0 Å². The molecule has 1 aliphatic heterocycles. The van der Waals surface area contributed by atoms with Gasteiger partial charge in [0.05, 0.1) is 5.56 Å². The molecule has 2 heterocycles. The van der Waals surface area contributed by atoms with Gasteiger partial charge in [-0.1, -0.05) is 23.2 Å². The van der Waals surface area contributed by atoms with Crippen molar-refractivity contribution in [3.05, 3.63) is 52.5 Å². The number of aromatic nitrogens is 1. The van der Waals surface area contributed by atoms with E-state index in [0.717, 1.165) is 17.5 Å². The molecule has 2 aromatic carbocycles. The number of nitrogens with zero attached hydrogens (tertiary/aromatic N) is 3. The highest BCUT2D eigenvalue weighted by molar-refractivity contribution is 6.31. The van der Waals surface area contributed by atoms with E-state index in [4.69, 9.17) is 21.8 Å². The van der Waals surface area contributed by atoms with E-state index in [1.807, 2.05) is 30.0 Å². The first-order valence-electron chi connectivity index (χ1n) is 9.40. The summed E-state index contributed by atoms with van der Waals surface area (Å²) in [6.07, 6.45) is 0.816. The van der Waals surface area contributed by atoms with E-state index < -0.39 is 0 Å². The Labute approximate surface area is 168 Å². The standard InChI is InChI=1S/C21H23ClN4O2/c1-13-3-5-17(23)16(11-13)20(27)25-8-7-14(2)26(10-9-25)21-24-18-12-15(22)4-6-19(18)28-21/h3-6,11-12,14H,7-10,23H2,1-2H3. The summed E-state index contributed by atoms with van der Waals surface area (Å²) in [5, 5.41) is 0.628. The largest absolute Gasteiger partial charge is 0.423 e. The number of oxazole rings is 1. The first kappa shape index (κ1) is 18.6. The van der Waals surface area contributed by atoms with Gasteiger partial charge in [-0.15, -0.1) is 0 Å². The van der Waals surface area contributed by atoms with Gasteiger partial charge >= 0.3 is 0 Å². The molecule has 6 nitrogen and oxygen atoms in total. The van der Waals surface area contributed by atoms with E-state index in [1.54, 1.807) is 18.2 Å². The Bertz CT molecular complexity index is 1030. The van der Waals surface area contributed by atoms with Gasteiger partial charge in [-0.2, -0.15) is 4.98 Å². The summed E-state index contributed by atoms with van der Waals surface area (Å²) in [6, 6.07) is 11.7. The van der Waals surface area contributed by atoms with Crippen LogP contribution in [0.4, 0.5) is 11.7 Å². The normalized spacial score (nSPS) is 17.8. The summed E-state index contributed by atoms with van der Waals surface area (Å²) >= 11 is 6.05. The van der Waals surface area contributed by atoms with Crippen LogP contribution in [0.5, 0.6) is 0 Å². The summed E-state index contributed by atoms with van der Waals surface area (Å²) in [5.74, 6) is -0.0282. The third kappa shape index (κ3) is 3.52. The smallest absolute Gasteiger partial charge is 0.298 e. The topological polar surface area (TPSA) is 75.6 Å². The molecule has 28 heavy (non-hydrogen) atoms. The van der Waals surface area contributed by atoms with Gasteiger partial charge < -0.3 is 20.0 Å². The molecule has 2 N–H and O–H groups in total. The number of rotatable bonds is 2. The molecule has 1 atom stereocenters. The molecule has 1 unspecified atom stereocenters. The predicted octanol–water partition coefficient (Wildman–Crippen LogP) is 4.11. The van der Waals surface area contributed by atoms with Crippen LogP contribution in [0.25, 0.3) is 11.1 Å². The summed E-state index contributed by atoms with van der Waals surface area (Å²) in [5.41, 5.74) is 9.59. The number of hydrogen-bond acceptors (Lipinski definition) is 5. The first-order chi connectivity index (χ1) is 13.4. The van der Waals surface area contributed by atoms with Gasteiger partial charge in [0.25, 0.3) is 11.9 Å². The van der Waals surface area contributed by atoms with Crippen molar-refractivity contribution in [3.63, 3.8) is 0 Å². The van der Waals surface area contributed by atoms with E-state index in [0.29, 0.717) is 47.5 Å². The van der Waals surface area contributed by atoms with Crippen LogP contribution in [-0.2, 0) is 0 Å². The maximum absolute atomic E-state index is 13.0. The molecule has 0 radical (unpaired) electrons. The summed E-state index contributed by atoms with van der Waals surface area (Å²) in [7, 11) is 0. The van der Waals surface area contributed by atoms with Crippen LogP contribution < -0.4 is 10.6 Å². The minimum atomic E-state index is -0.0282. The van der Waals surface area contributed by atoms with Crippen LogP contribution in [0, 0.1) is 6.92 Å². The number of halogens is 1. The van der Waals surface area contributed by atoms with Gasteiger partial charge in [-0.25, -0.2) is 0 Å². The molecule has 4 rings (SSSR count). The van der Waals surface area contributed by atoms with Crippen LogP contribution >= 0.6 is 11.6 Å². The number of aryl methyl sites for hydroxylation is 1. The predicted molar refractivity (Wildman–Crippen MR) is 112 cm³/mol. The molecule has 1 amide bonds. The molecule has 0 bridgehead atoms. The summed E-state index contributed by atoms with van der Waals surface area (Å²) in [4.78, 5) is 21.6. The van der Waals surface area contributed by atoms with Crippen molar-refractivity contribution < 1.29 is 9.21 Å². The van der Waals surface area contributed by atoms with E-state index in [-0.39, 0.29) is 11.9 Å². The number of nitrogens with two attached hydrogens (primary N) is 1. The summed E-state index contributed by atoms with van der Waals surface area (Å²) in [6.45, 7) is 5.96. The number of amides is 1. The fraction of sp³-hybridized carbons (Fsp3) is 0.333. The van der Waals surface area contributed by atoms with Gasteiger partial charge in [0.15, 0.2) is 5.58 Å². The van der Waals surface area contributed by atoms with Crippen LogP contribution in [0.1, 0.15) is 29.3 Å². The Morgan fingerprint density at radius 2 is 2.04 bits per heavy atom. The fourth-order valence-corrected chi connectivity index (χ4v) is 3.75. The Morgan fingerprint density at radius 3 is 2.86 bits per heavy atom. The molecule has 0 saturated carbocycles. The van der Waals surface area contributed by atoms with Gasteiger partial charge in [-0.3, -0.25) is 4.79 Å². The van der Waals surface area contributed by atoms with Gasteiger partial charge in [0, 0.05) is 36.4 Å². The molecule has 0 aliphatic carbocycles. The zero-order valence-corrected chi connectivity index (χ0v) is 16.7. The SMILES string of the molecule is Cc1ccc(N)c(C(=O)N2CCC(C)N(c3nc4cc(Cl)ccc4o3)CC2)c1. The second-order valence-electron chi connectivity index (χ2n) is 7.32. The molecule has 1 saturated heterocycles. The van der Waals surface area contributed by atoms with Crippen molar-refractivity contribution in [1.82, 2.24) is 9.88 Å². The van der Waals surface area contributed by atoms with Gasteiger partial charge in [-0.05, 0) is 50.6 Å². The Hall–Kier alpha value is -2.73. The number of benzene rings is 2. The molecule has 1 fully saturated rings. The molecule has 7 heteroatoms. The average Bonchev–Trinajstić information content (AvgIpc) is 2.98. The van der Waals surface area contributed by atoms with Crippen LogP contribution in [0.15, 0.2) is 40.8 Å². The minimum absolute atomic E-state index is 0.0282. The zero-order chi connectivity index (χ0) is 19.8. The lowest BCUT2D eigenvalue weighted by Gasteiger charge is -2.24. The first-order valence-corrected chi connectivity index (χ1v) is 9.78. The van der Waals surface area contributed by atoms with E-state index in [2.05, 4.69) is 16.8 Å². The highest BCUT2D eigenvalue weighted by atomic mass is 35.5. The van der Waals surface area contributed by atoms with Crippen molar-refractivity contribution in [2.75, 3.05) is 30.3 Å². The van der Waals surface area contributed by atoms with Crippen LogP contribution in [0.2, 0.25) is 5.02 Å². The van der Waals surface area contributed by atoms with Crippen molar-refractivity contribution in [2.45, 2.75) is 26.3 Å². The number of nitrogen functional groups attached to an aromatic ring is 1. The highest BCUT2D eigenvalue weighted by Gasteiger charge is 2.28. The number of carbonyl (C=O) groups excluding carboxylic acids is 1. The Balaban J connectivity index is 1.56. The number of hydrogen-bond donors (Lipinski definition) is 1. The van der Waals surface area contributed by atoms with Crippen molar-refractivity contribution in [1.29, 1.82) is 0 Å². The van der Waals surface area contributed by atoms with Crippen LogP contribution in [0.3, 0.4) is 0 Å². The van der Waals surface area contributed by atoms with Crippen LogP contribution in [-0.4, -0.2) is 41.5 Å².